The summed E-state index contributed by atoms with van der Waals surface area (Å²) in [7, 11) is 3.87. The molecule has 0 aliphatic rings. The summed E-state index contributed by atoms with van der Waals surface area (Å²) < 4.78 is 3.83. The first kappa shape index (κ1) is 9.70. The van der Waals surface area contributed by atoms with Crippen molar-refractivity contribution in [3.63, 3.8) is 0 Å². The molecule has 2 aromatic rings. The van der Waals surface area contributed by atoms with E-state index in [-0.39, 0.29) is 0 Å². The monoisotopic (exact) mass is 206 g/mol. The van der Waals surface area contributed by atoms with E-state index < -0.39 is 0 Å². The van der Waals surface area contributed by atoms with Crippen LogP contribution in [0.4, 0.5) is 5.95 Å². The van der Waals surface area contributed by atoms with E-state index in [4.69, 9.17) is 0 Å². The largest absolute Gasteiger partial charge is 0.348 e. The van der Waals surface area contributed by atoms with Crippen molar-refractivity contribution in [3.8, 4) is 0 Å². The lowest BCUT2D eigenvalue weighted by atomic mass is 10.6. The molecule has 0 saturated heterocycles. The number of hydrogen-bond acceptors (Lipinski definition) is 4. The number of rotatable bonds is 3. The van der Waals surface area contributed by atoms with Crippen molar-refractivity contribution >= 4 is 5.95 Å². The summed E-state index contributed by atoms with van der Waals surface area (Å²) in [6.45, 7) is 2.59. The fraction of sp³-hybridized carbons (Fsp3) is 0.444. The molecule has 15 heavy (non-hydrogen) atoms. The van der Waals surface area contributed by atoms with Gasteiger partial charge in [0.25, 0.3) is 0 Å². The van der Waals surface area contributed by atoms with Gasteiger partial charge in [0, 0.05) is 20.3 Å². The highest BCUT2D eigenvalue weighted by Gasteiger charge is 2.04. The molecule has 0 spiro atoms. The third-order valence-electron chi connectivity index (χ3n) is 2.21. The molecule has 2 aromatic heterocycles. The fourth-order valence-electron chi connectivity index (χ4n) is 1.41. The number of hydrogen-bond donors (Lipinski definition) is 1. The van der Waals surface area contributed by atoms with E-state index in [1.807, 2.05) is 36.4 Å². The molecule has 0 amide bonds. The van der Waals surface area contributed by atoms with E-state index in [1.54, 1.807) is 6.33 Å². The van der Waals surface area contributed by atoms with Gasteiger partial charge in [0.05, 0.1) is 12.2 Å². The van der Waals surface area contributed by atoms with Crippen molar-refractivity contribution < 1.29 is 0 Å². The van der Waals surface area contributed by atoms with Crippen LogP contribution in [0.25, 0.3) is 0 Å². The van der Waals surface area contributed by atoms with Crippen molar-refractivity contribution in [2.75, 3.05) is 5.32 Å². The Kier molecular flexibility index (Phi) is 2.40. The molecule has 0 unspecified atom stereocenters. The molecule has 0 aliphatic carbocycles. The highest BCUT2D eigenvalue weighted by Crippen LogP contribution is 2.06. The molecule has 0 aromatic carbocycles. The van der Waals surface area contributed by atoms with Gasteiger partial charge in [-0.1, -0.05) is 0 Å². The second-order valence-electron chi connectivity index (χ2n) is 3.53. The maximum Gasteiger partial charge on any atom is 0.203 e. The third-order valence-corrected chi connectivity index (χ3v) is 2.21. The van der Waals surface area contributed by atoms with Crippen LogP contribution < -0.4 is 5.32 Å². The van der Waals surface area contributed by atoms with Crippen molar-refractivity contribution in [2.24, 2.45) is 14.1 Å². The Hall–Kier alpha value is -1.85. The Bertz CT molecular complexity index is 455. The van der Waals surface area contributed by atoms with Gasteiger partial charge < -0.3 is 14.5 Å². The summed E-state index contributed by atoms with van der Waals surface area (Å²) in [6, 6.07) is 0. The van der Waals surface area contributed by atoms with E-state index in [1.165, 1.54) is 0 Å². The minimum Gasteiger partial charge on any atom is -0.348 e. The van der Waals surface area contributed by atoms with Gasteiger partial charge in [0.1, 0.15) is 6.33 Å². The molecule has 0 fully saturated rings. The zero-order valence-corrected chi connectivity index (χ0v) is 9.10. The lowest BCUT2D eigenvalue weighted by molar-refractivity contribution is 0.798. The zero-order chi connectivity index (χ0) is 10.8. The normalized spacial score (nSPS) is 10.6. The molecular formula is C9H14N6. The van der Waals surface area contributed by atoms with Crippen LogP contribution in [0, 0.1) is 6.92 Å². The average Bonchev–Trinajstić information content (AvgIpc) is 2.70. The first-order valence-electron chi connectivity index (χ1n) is 4.73. The Morgan fingerprint density at radius 1 is 1.33 bits per heavy atom. The predicted octanol–water partition coefficient (Wildman–Crippen LogP) is 0.469. The Balaban J connectivity index is 2.05. The van der Waals surface area contributed by atoms with Crippen molar-refractivity contribution in [2.45, 2.75) is 13.5 Å². The number of imidazole rings is 1. The van der Waals surface area contributed by atoms with Gasteiger partial charge in [-0.3, -0.25) is 0 Å². The smallest absolute Gasteiger partial charge is 0.203 e. The van der Waals surface area contributed by atoms with E-state index in [9.17, 15) is 0 Å². The van der Waals surface area contributed by atoms with Gasteiger partial charge in [-0.15, -0.1) is 10.2 Å². The molecule has 2 rings (SSSR count). The van der Waals surface area contributed by atoms with Gasteiger partial charge in [0.2, 0.25) is 5.95 Å². The maximum absolute atomic E-state index is 4.33. The summed E-state index contributed by atoms with van der Waals surface area (Å²) in [4.78, 5) is 4.33. The van der Waals surface area contributed by atoms with Gasteiger partial charge in [0.15, 0.2) is 5.82 Å². The van der Waals surface area contributed by atoms with Crippen LogP contribution in [0.2, 0.25) is 0 Å². The van der Waals surface area contributed by atoms with Crippen LogP contribution in [-0.2, 0) is 20.6 Å². The highest BCUT2D eigenvalue weighted by atomic mass is 15.3. The molecule has 0 atom stereocenters. The number of aryl methyl sites for hydroxylation is 3. The first-order valence-corrected chi connectivity index (χ1v) is 4.73. The molecule has 0 saturated carbocycles. The quantitative estimate of drug-likeness (QED) is 0.793. The second kappa shape index (κ2) is 3.72. The van der Waals surface area contributed by atoms with Crippen molar-refractivity contribution in [1.29, 1.82) is 0 Å². The molecule has 1 N–H and O–H groups in total. The molecule has 0 bridgehead atoms. The van der Waals surface area contributed by atoms with Gasteiger partial charge in [-0.2, -0.15) is 0 Å². The van der Waals surface area contributed by atoms with E-state index in [0.717, 1.165) is 17.5 Å². The third kappa shape index (κ3) is 1.98. The Labute approximate surface area is 88.0 Å². The molecule has 2 heterocycles. The number of aromatic nitrogens is 5. The molecule has 0 aliphatic heterocycles. The SMILES string of the molecule is Cc1cn(C)c(NCc2nncn2C)n1. The molecule has 6 nitrogen and oxygen atoms in total. The minimum absolute atomic E-state index is 0.626. The van der Waals surface area contributed by atoms with Gasteiger partial charge in [-0.25, -0.2) is 4.98 Å². The lowest BCUT2D eigenvalue weighted by Crippen LogP contribution is -2.08. The highest BCUT2D eigenvalue weighted by molar-refractivity contribution is 5.28. The van der Waals surface area contributed by atoms with Crippen LogP contribution in [0.15, 0.2) is 12.5 Å². The molecule has 6 heteroatoms. The van der Waals surface area contributed by atoms with Crippen LogP contribution in [0.3, 0.4) is 0 Å². The van der Waals surface area contributed by atoms with Gasteiger partial charge in [-0.05, 0) is 6.92 Å². The first-order chi connectivity index (χ1) is 7.16. The number of nitrogens with one attached hydrogen (secondary N) is 1. The van der Waals surface area contributed by atoms with Crippen LogP contribution in [0.1, 0.15) is 11.5 Å². The molecule has 0 radical (unpaired) electrons. The summed E-state index contributed by atoms with van der Waals surface area (Å²) in [5.41, 5.74) is 0.998. The van der Waals surface area contributed by atoms with E-state index in [2.05, 4.69) is 20.5 Å². The van der Waals surface area contributed by atoms with Crippen LogP contribution in [0.5, 0.6) is 0 Å². The summed E-state index contributed by atoms with van der Waals surface area (Å²) >= 11 is 0. The molecular weight excluding hydrogens is 192 g/mol. The minimum atomic E-state index is 0.626. The predicted molar refractivity (Wildman–Crippen MR) is 56.3 cm³/mol. The summed E-state index contributed by atoms with van der Waals surface area (Å²) in [6.07, 6.45) is 3.65. The topological polar surface area (TPSA) is 60.6 Å². The Morgan fingerprint density at radius 3 is 2.67 bits per heavy atom. The fourth-order valence-corrected chi connectivity index (χ4v) is 1.41. The number of nitrogens with zero attached hydrogens (tertiary/aromatic N) is 5. The molecule has 80 valence electrons. The van der Waals surface area contributed by atoms with Gasteiger partial charge >= 0.3 is 0 Å². The van der Waals surface area contributed by atoms with Crippen molar-refractivity contribution in [1.82, 2.24) is 24.3 Å². The zero-order valence-electron chi connectivity index (χ0n) is 9.10. The second-order valence-corrected chi connectivity index (χ2v) is 3.53. The maximum atomic E-state index is 4.33. The lowest BCUT2D eigenvalue weighted by Gasteiger charge is -2.04. The van der Waals surface area contributed by atoms with Crippen LogP contribution in [-0.4, -0.2) is 24.3 Å². The standard InChI is InChI=1S/C9H14N6/c1-7-5-14(2)9(12-7)10-4-8-13-11-6-15(8)3/h5-6H,4H2,1-3H3,(H,10,12). The summed E-state index contributed by atoms with van der Waals surface area (Å²) in [5, 5.41) is 11.0. The van der Waals surface area contributed by atoms with Crippen LogP contribution >= 0.6 is 0 Å². The Morgan fingerprint density at radius 2 is 2.13 bits per heavy atom. The van der Waals surface area contributed by atoms with E-state index in [0.29, 0.717) is 6.54 Å². The number of anilines is 1. The van der Waals surface area contributed by atoms with E-state index >= 15 is 0 Å². The average molecular weight is 206 g/mol. The van der Waals surface area contributed by atoms with Crippen molar-refractivity contribution in [3.05, 3.63) is 24.0 Å². The summed E-state index contributed by atoms with van der Waals surface area (Å²) in [5.74, 6) is 1.73.